The number of anilines is 2. The zero-order chi connectivity index (χ0) is 16.2. The van der Waals surface area contributed by atoms with E-state index in [2.05, 4.69) is 10.3 Å². The van der Waals surface area contributed by atoms with Crippen molar-refractivity contribution in [1.29, 1.82) is 0 Å². The Morgan fingerprint density at radius 3 is 2.64 bits per heavy atom. The summed E-state index contributed by atoms with van der Waals surface area (Å²) in [4.78, 5) is 15.8. The highest BCUT2D eigenvalue weighted by Gasteiger charge is 2.12. The van der Waals surface area contributed by atoms with Crippen molar-refractivity contribution in [2.75, 3.05) is 11.9 Å². The predicted octanol–water partition coefficient (Wildman–Crippen LogP) is 2.10. The van der Waals surface area contributed by atoms with Crippen LogP contribution in [0, 0.1) is 0 Å². The second-order valence-electron chi connectivity index (χ2n) is 4.37. The summed E-state index contributed by atoms with van der Waals surface area (Å²) < 4.78 is 27.3. The lowest BCUT2D eigenvalue weighted by Crippen LogP contribution is -2.11. The number of primary sulfonamides is 1. The van der Waals surface area contributed by atoms with Gasteiger partial charge < -0.3 is 10.1 Å². The Labute approximate surface area is 132 Å². The molecule has 118 valence electrons. The minimum atomic E-state index is -3.71. The standard InChI is InChI=1S/C13H15N3O4S2/c1-2-7-20-12(17)11-8-21-13(16-11)15-9-3-5-10(6-4-9)22(14,18)19/h3-6,8H,2,7H2,1H3,(H,15,16)(H2,14,18,19). The van der Waals surface area contributed by atoms with E-state index in [-0.39, 0.29) is 10.6 Å². The second-order valence-corrected chi connectivity index (χ2v) is 6.79. The first-order valence-electron chi connectivity index (χ1n) is 6.42. The van der Waals surface area contributed by atoms with E-state index < -0.39 is 16.0 Å². The van der Waals surface area contributed by atoms with E-state index >= 15 is 0 Å². The number of nitrogens with one attached hydrogen (secondary N) is 1. The van der Waals surface area contributed by atoms with E-state index in [1.165, 1.54) is 23.5 Å². The van der Waals surface area contributed by atoms with Crippen molar-refractivity contribution >= 4 is 38.1 Å². The van der Waals surface area contributed by atoms with Crippen molar-refractivity contribution in [3.63, 3.8) is 0 Å². The van der Waals surface area contributed by atoms with Gasteiger partial charge >= 0.3 is 5.97 Å². The smallest absolute Gasteiger partial charge is 0.357 e. The average molecular weight is 341 g/mol. The Bertz CT molecular complexity index is 754. The molecule has 3 N–H and O–H groups in total. The minimum Gasteiger partial charge on any atom is -0.461 e. The normalized spacial score (nSPS) is 11.2. The van der Waals surface area contributed by atoms with Crippen LogP contribution in [0.4, 0.5) is 10.8 Å². The van der Waals surface area contributed by atoms with Crippen molar-refractivity contribution < 1.29 is 17.9 Å². The fourth-order valence-corrected chi connectivity index (χ4v) is 2.76. The molecule has 1 aromatic carbocycles. The topological polar surface area (TPSA) is 111 Å². The SMILES string of the molecule is CCCOC(=O)c1csc(Nc2ccc(S(N)(=O)=O)cc2)n1. The van der Waals surface area contributed by atoms with Crippen LogP contribution in [-0.4, -0.2) is 26.0 Å². The first kappa shape index (κ1) is 16.4. The minimum absolute atomic E-state index is 0.0287. The molecule has 0 amide bonds. The Balaban J connectivity index is 2.05. The Kier molecular flexibility index (Phi) is 5.11. The van der Waals surface area contributed by atoms with Crippen LogP contribution in [-0.2, 0) is 14.8 Å². The summed E-state index contributed by atoms with van der Waals surface area (Å²) in [5.41, 5.74) is 0.873. The fourth-order valence-electron chi connectivity index (χ4n) is 1.55. The first-order valence-corrected chi connectivity index (χ1v) is 8.85. The van der Waals surface area contributed by atoms with Gasteiger partial charge in [-0.1, -0.05) is 6.92 Å². The molecule has 0 aliphatic rings. The number of nitrogens with two attached hydrogens (primary N) is 1. The molecular weight excluding hydrogens is 326 g/mol. The maximum atomic E-state index is 11.6. The quantitative estimate of drug-likeness (QED) is 0.778. The lowest BCUT2D eigenvalue weighted by atomic mass is 10.3. The Morgan fingerprint density at radius 1 is 1.36 bits per heavy atom. The molecule has 1 heterocycles. The largest absolute Gasteiger partial charge is 0.461 e. The number of rotatable bonds is 6. The summed E-state index contributed by atoms with van der Waals surface area (Å²) in [6.45, 7) is 2.26. The third kappa shape index (κ3) is 4.26. The molecule has 0 spiro atoms. The highest BCUT2D eigenvalue weighted by Crippen LogP contribution is 2.22. The molecule has 0 atom stereocenters. The van der Waals surface area contributed by atoms with Gasteiger partial charge in [0.1, 0.15) is 0 Å². The zero-order valence-electron chi connectivity index (χ0n) is 11.8. The lowest BCUT2D eigenvalue weighted by Gasteiger charge is -2.03. The van der Waals surface area contributed by atoms with Gasteiger partial charge in [-0.3, -0.25) is 0 Å². The summed E-state index contributed by atoms with van der Waals surface area (Å²) in [7, 11) is -3.71. The molecule has 2 aromatic rings. The Morgan fingerprint density at radius 2 is 2.05 bits per heavy atom. The van der Waals surface area contributed by atoms with E-state index in [4.69, 9.17) is 9.88 Å². The number of aromatic nitrogens is 1. The number of hydrogen-bond donors (Lipinski definition) is 2. The van der Waals surface area contributed by atoms with Crippen molar-refractivity contribution in [1.82, 2.24) is 4.98 Å². The molecule has 22 heavy (non-hydrogen) atoms. The predicted molar refractivity (Wildman–Crippen MR) is 83.8 cm³/mol. The second kappa shape index (κ2) is 6.86. The van der Waals surface area contributed by atoms with Crippen molar-refractivity contribution in [2.24, 2.45) is 5.14 Å². The number of carbonyl (C=O) groups is 1. The highest BCUT2D eigenvalue weighted by molar-refractivity contribution is 7.89. The Hall–Kier alpha value is -1.97. The number of ether oxygens (including phenoxy) is 1. The maximum Gasteiger partial charge on any atom is 0.357 e. The summed E-state index contributed by atoms with van der Waals surface area (Å²) in [5.74, 6) is -0.462. The van der Waals surface area contributed by atoms with Crippen LogP contribution in [0.25, 0.3) is 0 Å². The third-order valence-corrected chi connectivity index (χ3v) is 4.27. The van der Waals surface area contributed by atoms with Crippen LogP contribution in [0.3, 0.4) is 0 Å². The molecule has 0 bridgehead atoms. The van der Waals surface area contributed by atoms with E-state index in [1.807, 2.05) is 6.92 Å². The molecule has 0 fully saturated rings. The molecular formula is C13H15N3O4S2. The van der Waals surface area contributed by atoms with Gasteiger partial charge in [-0.25, -0.2) is 23.3 Å². The van der Waals surface area contributed by atoms with E-state index in [0.29, 0.717) is 17.4 Å². The number of hydrogen-bond acceptors (Lipinski definition) is 7. The average Bonchev–Trinajstić information content (AvgIpc) is 2.93. The molecule has 0 saturated carbocycles. The number of esters is 1. The van der Waals surface area contributed by atoms with Crippen molar-refractivity contribution in [3.05, 3.63) is 35.3 Å². The van der Waals surface area contributed by atoms with Gasteiger partial charge in [0.05, 0.1) is 11.5 Å². The molecule has 0 radical (unpaired) electrons. The summed E-state index contributed by atoms with van der Waals surface area (Å²) >= 11 is 1.25. The summed E-state index contributed by atoms with van der Waals surface area (Å²) in [6.07, 6.45) is 0.747. The van der Waals surface area contributed by atoms with Gasteiger partial charge in [0, 0.05) is 11.1 Å². The van der Waals surface area contributed by atoms with Gasteiger partial charge in [0.2, 0.25) is 10.0 Å². The summed E-state index contributed by atoms with van der Waals surface area (Å²) in [6, 6.07) is 5.91. The van der Waals surface area contributed by atoms with Gasteiger partial charge in [-0.2, -0.15) is 0 Å². The van der Waals surface area contributed by atoms with Crippen LogP contribution in [0.2, 0.25) is 0 Å². The van der Waals surface area contributed by atoms with E-state index in [0.717, 1.165) is 6.42 Å². The number of thiazole rings is 1. The number of benzene rings is 1. The first-order chi connectivity index (χ1) is 10.4. The molecule has 0 aliphatic heterocycles. The third-order valence-electron chi connectivity index (χ3n) is 2.58. The van der Waals surface area contributed by atoms with E-state index in [9.17, 15) is 13.2 Å². The molecule has 1 aromatic heterocycles. The van der Waals surface area contributed by atoms with Gasteiger partial charge in [0.25, 0.3) is 0 Å². The molecule has 0 unspecified atom stereocenters. The molecule has 0 aliphatic carbocycles. The van der Waals surface area contributed by atoms with Crippen LogP contribution < -0.4 is 10.5 Å². The van der Waals surface area contributed by atoms with Gasteiger partial charge in [-0.05, 0) is 30.7 Å². The van der Waals surface area contributed by atoms with Gasteiger partial charge in [-0.15, -0.1) is 11.3 Å². The maximum absolute atomic E-state index is 11.6. The van der Waals surface area contributed by atoms with Crippen LogP contribution >= 0.6 is 11.3 Å². The molecule has 2 rings (SSSR count). The highest BCUT2D eigenvalue weighted by atomic mass is 32.2. The number of carbonyl (C=O) groups excluding carboxylic acids is 1. The molecule has 0 saturated heterocycles. The van der Waals surface area contributed by atoms with Crippen molar-refractivity contribution in [3.8, 4) is 0 Å². The number of sulfonamides is 1. The fraction of sp³-hybridized carbons (Fsp3) is 0.231. The van der Waals surface area contributed by atoms with Crippen LogP contribution in [0.5, 0.6) is 0 Å². The van der Waals surface area contributed by atoms with Crippen molar-refractivity contribution in [2.45, 2.75) is 18.2 Å². The zero-order valence-corrected chi connectivity index (χ0v) is 13.4. The van der Waals surface area contributed by atoms with E-state index in [1.54, 1.807) is 17.5 Å². The number of nitrogens with zero attached hydrogens (tertiary/aromatic N) is 1. The van der Waals surface area contributed by atoms with Crippen LogP contribution in [0.1, 0.15) is 23.8 Å². The monoisotopic (exact) mass is 341 g/mol. The summed E-state index contributed by atoms with van der Waals surface area (Å²) in [5, 5.41) is 10.1. The van der Waals surface area contributed by atoms with Gasteiger partial charge in [0.15, 0.2) is 10.8 Å². The lowest BCUT2D eigenvalue weighted by molar-refractivity contribution is 0.0499. The molecule has 7 nitrogen and oxygen atoms in total. The van der Waals surface area contributed by atoms with Crippen LogP contribution in [0.15, 0.2) is 34.5 Å². The molecule has 9 heteroatoms.